The van der Waals surface area contributed by atoms with Gasteiger partial charge in [0, 0.05) is 18.1 Å². The summed E-state index contributed by atoms with van der Waals surface area (Å²) in [6.07, 6.45) is 1.75. The maximum absolute atomic E-state index is 11.0. The Labute approximate surface area is 112 Å². The molecule has 1 heterocycles. The molecule has 98 valence electrons. The van der Waals surface area contributed by atoms with Gasteiger partial charge in [0.2, 0.25) is 0 Å². The fraction of sp³-hybridized carbons (Fsp3) is 0.500. The quantitative estimate of drug-likeness (QED) is 0.915. The maximum Gasteiger partial charge on any atom is 0.307 e. The van der Waals surface area contributed by atoms with Crippen molar-refractivity contribution in [2.75, 3.05) is 13.1 Å². The Hall–Kier alpha value is -1.06. The third-order valence-electron chi connectivity index (χ3n) is 3.63. The lowest BCUT2D eigenvalue weighted by atomic mass is 9.97. The van der Waals surface area contributed by atoms with Crippen molar-refractivity contribution in [3.8, 4) is 0 Å². The highest BCUT2D eigenvalue weighted by atomic mass is 35.5. The lowest BCUT2D eigenvalue weighted by Crippen LogP contribution is -2.38. The van der Waals surface area contributed by atoms with Crippen LogP contribution in [0.3, 0.4) is 0 Å². The van der Waals surface area contributed by atoms with Crippen molar-refractivity contribution < 1.29 is 9.90 Å². The number of carbonyl (C=O) groups is 1. The molecule has 0 aromatic heterocycles. The standard InChI is InChI=1S/C14H18ClNO2/c1-10-11(4-2-6-13(10)15)8-16-7-3-5-12(9-16)14(17)18/h2,4,6,12H,3,5,7-9H2,1H3,(H,17,18). The molecule has 0 spiro atoms. The van der Waals surface area contributed by atoms with Gasteiger partial charge in [-0.1, -0.05) is 23.7 Å². The number of piperidine rings is 1. The molecule has 0 saturated carbocycles. The molecule has 1 saturated heterocycles. The summed E-state index contributed by atoms with van der Waals surface area (Å²) in [7, 11) is 0. The Morgan fingerprint density at radius 2 is 2.33 bits per heavy atom. The predicted molar refractivity (Wildman–Crippen MR) is 71.8 cm³/mol. The number of rotatable bonds is 3. The lowest BCUT2D eigenvalue weighted by Gasteiger charge is -2.31. The summed E-state index contributed by atoms with van der Waals surface area (Å²) in [5, 5.41) is 9.85. The topological polar surface area (TPSA) is 40.5 Å². The van der Waals surface area contributed by atoms with Gasteiger partial charge in [-0.2, -0.15) is 0 Å². The van der Waals surface area contributed by atoms with Gasteiger partial charge in [0.05, 0.1) is 5.92 Å². The molecule has 1 unspecified atom stereocenters. The summed E-state index contributed by atoms with van der Waals surface area (Å²) in [6.45, 7) is 4.41. The van der Waals surface area contributed by atoms with Gasteiger partial charge in [-0.15, -0.1) is 0 Å². The molecular weight excluding hydrogens is 250 g/mol. The monoisotopic (exact) mass is 267 g/mol. The Bertz CT molecular complexity index is 447. The van der Waals surface area contributed by atoms with Gasteiger partial charge in [-0.3, -0.25) is 9.69 Å². The van der Waals surface area contributed by atoms with E-state index in [0.717, 1.165) is 36.5 Å². The smallest absolute Gasteiger partial charge is 0.307 e. The highest BCUT2D eigenvalue weighted by Crippen LogP contribution is 2.23. The lowest BCUT2D eigenvalue weighted by molar-refractivity contribution is -0.143. The average molecular weight is 268 g/mol. The number of hydrogen-bond donors (Lipinski definition) is 1. The molecule has 0 bridgehead atoms. The summed E-state index contributed by atoms with van der Waals surface area (Å²) < 4.78 is 0. The molecule has 1 aromatic rings. The molecule has 1 fully saturated rings. The first-order valence-corrected chi connectivity index (χ1v) is 6.65. The minimum atomic E-state index is -0.678. The Morgan fingerprint density at radius 3 is 3.06 bits per heavy atom. The van der Waals surface area contributed by atoms with Crippen LogP contribution in [0.2, 0.25) is 5.02 Å². The fourth-order valence-corrected chi connectivity index (χ4v) is 2.66. The largest absolute Gasteiger partial charge is 0.481 e. The van der Waals surface area contributed by atoms with E-state index < -0.39 is 5.97 Å². The van der Waals surface area contributed by atoms with Crippen molar-refractivity contribution in [2.24, 2.45) is 5.92 Å². The second-order valence-corrected chi connectivity index (χ2v) is 5.34. The number of aliphatic carboxylic acids is 1. The maximum atomic E-state index is 11.0. The zero-order chi connectivity index (χ0) is 13.1. The third-order valence-corrected chi connectivity index (χ3v) is 4.04. The molecule has 0 radical (unpaired) electrons. The number of halogens is 1. The van der Waals surface area contributed by atoms with Gasteiger partial charge < -0.3 is 5.11 Å². The Kier molecular flexibility index (Phi) is 4.25. The number of hydrogen-bond acceptors (Lipinski definition) is 2. The first-order valence-electron chi connectivity index (χ1n) is 6.27. The molecule has 18 heavy (non-hydrogen) atoms. The van der Waals surface area contributed by atoms with Gasteiger partial charge in [0.1, 0.15) is 0 Å². The Morgan fingerprint density at radius 1 is 1.56 bits per heavy atom. The van der Waals surface area contributed by atoms with Crippen LogP contribution in [-0.2, 0) is 11.3 Å². The van der Waals surface area contributed by atoms with Crippen molar-refractivity contribution in [3.05, 3.63) is 34.3 Å². The predicted octanol–water partition coefficient (Wildman–Crippen LogP) is 2.95. The van der Waals surface area contributed by atoms with Crippen LogP contribution in [0, 0.1) is 12.8 Å². The van der Waals surface area contributed by atoms with Crippen LogP contribution in [0.5, 0.6) is 0 Å². The van der Waals surface area contributed by atoms with Gasteiger partial charge in [0.25, 0.3) is 0 Å². The van der Waals surface area contributed by atoms with Crippen LogP contribution >= 0.6 is 11.6 Å². The number of nitrogens with zero attached hydrogens (tertiary/aromatic N) is 1. The van der Waals surface area contributed by atoms with E-state index in [0.29, 0.717) is 6.54 Å². The number of carboxylic acids is 1. The minimum Gasteiger partial charge on any atom is -0.481 e. The molecule has 4 heteroatoms. The van der Waals surface area contributed by atoms with Crippen LogP contribution in [0.25, 0.3) is 0 Å². The molecule has 1 aromatic carbocycles. The first kappa shape index (κ1) is 13.4. The van der Waals surface area contributed by atoms with Crippen LogP contribution in [0.4, 0.5) is 0 Å². The second kappa shape index (κ2) is 5.72. The van der Waals surface area contributed by atoms with Crippen LogP contribution in [0.1, 0.15) is 24.0 Å². The van der Waals surface area contributed by atoms with Crippen LogP contribution in [0.15, 0.2) is 18.2 Å². The van der Waals surface area contributed by atoms with Crippen LogP contribution < -0.4 is 0 Å². The van der Waals surface area contributed by atoms with Gasteiger partial charge in [0.15, 0.2) is 0 Å². The van der Waals surface area contributed by atoms with E-state index in [4.69, 9.17) is 16.7 Å². The molecule has 1 N–H and O–H groups in total. The molecule has 3 nitrogen and oxygen atoms in total. The SMILES string of the molecule is Cc1c(Cl)cccc1CN1CCCC(C(=O)O)C1. The minimum absolute atomic E-state index is 0.224. The normalized spacial score (nSPS) is 20.9. The van der Waals surface area contributed by atoms with E-state index in [9.17, 15) is 4.79 Å². The van der Waals surface area contributed by atoms with Crippen molar-refractivity contribution in [2.45, 2.75) is 26.3 Å². The van der Waals surface area contributed by atoms with E-state index in [2.05, 4.69) is 11.0 Å². The zero-order valence-electron chi connectivity index (χ0n) is 10.5. The summed E-state index contributed by atoms with van der Waals surface area (Å²) in [4.78, 5) is 13.2. The number of benzene rings is 1. The molecule has 1 aliphatic heterocycles. The van der Waals surface area contributed by atoms with Gasteiger partial charge in [-0.05, 0) is 43.5 Å². The van der Waals surface area contributed by atoms with Crippen LogP contribution in [-0.4, -0.2) is 29.1 Å². The van der Waals surface area contributed by atoms with Gasteiger partial charge >= 0.3 is 5.97 Å². The first-order chi connectivity index (χ1) is 8.58. The number of likely N-dealkylation sites (tertiary alicyclic amines) is 1. The Balaban J connectivity index is 2.05. The molecule has 1 atom stereocenters. The van der Waals surface area contributed by atoms with Crippen molar-refractivity contribution in [1.82, 2.24) is 4.90 Å². The fourth-order valence-electron chi connectivity index (χ4n) is 2.47. The second-order valence-electron chi connectivity index (χ2n) is 4.94. The van der Waals surface area contributed by atoms with Crippen molar-refractivity contribution >= 4 is 17.6 Å². The molecular formula is C14H18ClNO2. The van der Waals surface area contributed by atoms with E-state index in [1.807, 2.05) is 19.1 Å². The molecule has 0 aliphatic carbocycles. The summed E-state index contributed by atoms with van der Waals surface area (Å²) in [6, 6.07) is 5.89. The van der Waals surface area contributed by atoms with Crippen molar-refractivity contribution in [1.29, 1.82) is 0 Å². The third kappa shape index (κ3) is 3.03. The highest BCUT2D eigenvalue weighted by molar-refractivity contribution is 6.31. The van der Waals surface area contributed by atoms with E-state index in [-0.39, 0.29) is 5.92 Å². The molecule has 1 aliphatic rings. The molecule has 0 amide bonds. The summed E-state index contributed by atoms with van der Waals surface area (Å²) in [5.74, 6) is -0.902. The average Bonchev–Trinajstić information content (AvgIpc) is 2.35. The van der Waals surface area contributed by atoms with E-state index in [1.54, 1.807) is 0 Å². The van der Waals surface area contributed by atoms with Gasteiger partial charge in [-0.25, -0.2) is 0 Å². The van der Waals surface area contributed by atoms with E-state index in [1.165, 1.54) is 5.56 Å². The summed E-state index contributed by atoms with van der Waals surface area (Å²) in [5.41, 5.74) is 2.28. The summed E-state index contributed by atoms with van der Waals surface area (Å²) >= 11 is 6.10. The van der Waals surface area contributed by atoms with Crippen molar-refractivity contribution in [3.63, 3.8) is 0 Å². The number of carboxylic acid groups (broad SMARTS) is 1. The highest BCUT2D eigenvalue weighted by Gasteiger charge is 2.25. The van der Waals surface area contributed by atoms with E-state index >= 15 is 0 Å². The molecule has 2 rings (SSSR count). The zero-order valence-corrected chi connectivity index (χ0v) is 11.3.